The quantitative estimate of drug-likeness (QED) is 0.844. The lowest BCUT2D eigenvalue weighted by molar-refractivity contribution is -0.137. The number of halogens is 4. The number of amides is 1. The summed E-state index contributed by atoms with van der Waals surface area (Å²) in [4.78, 5) is 12.5. The summed E-state index contributed by atoms with van der Waals surface area (Å²) in [6.45, 7) is 3.65. The highest BCUT2D eigenvalue weighted by Crippen LogP contribution is 2.33. The van der Waals surface area contributed by atoms with Gasteiger partial charge in [-0.3, -0.25) is 4.79 Å². The van der Waals surface area contributed by atoms with Crippen LogP contribution < -0.4 is 11.1 Å². The average molecular weight is 365 g/mol. The van der Waals surface area contributed by atoms with Gasteiger partial charge in [0.25, 0.3) is 0 Å². The number of nitrogens with one attached hydrogen (secondary N) is 1. The summed E-state index contributed by atoms with van der Waals surface area (Å²) in [5, 5.41) is 2.88. The molecular formula is C17H24ClF3N2O. The van der Waals surface area contributed by atoms with Crippen LogP contribution in [-0.4, -0.2) is 11.4 Å². The van der Waals surface area contributed by atoms with Gasteiger partial charge in [-0.05, 0) is 44.4 Å². The largest absolute Gasteiger partial charge is 0.416 e. The van der Waals surface area contributed by atoms with Crippen LogP contribution in [0.25, 0.3) is 0 Å². The van der Waals surface area contributed by atoms with E-state index in [-0.39, 0.29) is 30.3 Å². The van der Waals surface area contributed by atoms with E-state index in [0.29, 0.717) is 5.56 Å². The zero-order valence-electron chi connectivity index (χ0n) is 13.8. The zero-order chi connectivity index (χ0) is 17.3. The molecule has 3 atom stereocenters. The summed E-state index contributed by atoms with van der Waals surface area (Å²) < 4.78 is 37.7. The van der Waals surface area contributed by atoms with Gasteiger partial charge >= 0.3 is 6.18 Å². The van der Waals surface area contributed by atoms with Crippen LogP contribution in [0.15, 0.2) is 24.3 Å². The maximum atomic E-state index is 12.6. The molecule has 7 heteroatoms. The van der Waals surface area contributed by atoms with Crippen LogP contribution in [-0.2, 0) is 11.0 Å². The summed E-state index contributed by atoms with van der Waals surface area (Å²) in [5.74, 6) is -0.379. The number of alkyl halides is 3. The number of hydrogen-bond acceptors (Lipinski definition) is 2. The van der Waals surface area contributed by atoms with Crippen molar-refractivity contribution in [3.8, 4) is 0 Å². The number of benzene rings is 1. The minimum absolute atomic E-state index is 0. The molecule has 1 aromatic carbocycles. The molecule has 0 bridgehead atoms. The van der Waals surface area contributed by atoms with Crippen molar-refractivity contribution >= 4 is 18.3 Å². The Morgan fingerprint density at radius 1 is 1.29 bits per heavy atom. The summed E-state index contributed by atoms with van der Waals surface area (Å²) in [7, 11) is 0. The molecule has 1 aliphatic carbocycles. The van der Waals surface area contributed by atoms with Gasteiger partial charge in [0.2, 0.25) is 5.91 Å². The van der Waals surface area contributed by atoms with E-state index in [1.165, 1.54) is 12.1 Å². The summed E-state index contributed by atoms with van der Waals surface area (Å²) >= 11 is 0. The summed E-state index contributed by atoms with van der Waals surface area (Å²) in [5.41, 5.74) is 5.64. The Labute approximate surface area is 146 Å². The van der Waals surface area contributed by atoms with Gasteiger partial charge in [0.15, 0.2) is 0 Å². The SMILES string of the molecule is CC(NC(=O)C1CCCCC1(C)N)c1ccc(C(F)(F)F)cc1.Cl. The third-order valence-electron chi connectivity index (χ3n) is 4.67. The second-order valence-corrected chi connectivity index (χ2v) is 6.65. The van der Waals surface area contributed by atoms with Gasteiger partial charge < -0.3 is 11.1 Å². The van der Waals surface area contributed by atoms with E-state index in [2.05, 4.69) is 5.32 Å². The van der Waals surface area contributed by atoms with E-state index < -0.39 is 17.3 Å². The van der Waals surface area contributed by atoms with Crippen molar-refractivity contribution < 1.29 is 18.0 Å². The standard InChI is InChI=1S/C17H23F3N2O.ClH/c1-11(12-6-8-13(9-7-12)17(18,19)20)22-15(23)14-5-3-4-10-16(14,2)21;/h6-9,11,14H,3-5,10,21H2,1-2H3,(H,22,23);1H. The first-order valence-electron chi connectivity index (χ1n) is 7.87. The van der Waals surface area contributed by atoms with Crippen LogP contribution in [0.5, 0.6) is 0 Å². The molecule has 1 aliphatic rings. The van der Waals surface area contributed by atoms with Crippen LogP contribution in [0.2, 0.25) is 0 Å². The molecule has 0 heterocycles. The van der Waals surface area contributed by atoms with E-state index in [1.807, 2.05) is 6.92 Å². The lowest BCUT2D eigenvalue weighted by atomic mass is 9.74. The van der Waals surface area contributed by atoms with E-state index >= 15 is 0 Å². The van der Waals surface area contributed by atoms with E-state index in [0.717, 1.165) is 37.8 Å². The smallest absolute Gasteiger partial charge is 0.349 e. The second kappa shape index (κ2) is 7.74. The third-order valence-corrected chi connectivity index (χ3v) is 4.67. The number of carbonyl (C=O) groups excluding carboxylic acids is 1. The van der Waals surface area contributed by atoms with Gasteiger partial charge in [-0.1, -0.05) is 25.0 Å². The summed E-state index contributed by atoms with van der Waals surface area (Å²) in [6.07, 6.45) is -0.808. The normalized spacial score (nSPS) is 25.5. The lowest BCUT2D eigenvalue weighted by Gasteiger charge is -2.37. The van der Waals surface area contributed by atoms with E-state index in [4.69, 9.17) is 5.73 Å². The Kier molecular flexibility index (Phi) is 6.70. The minimum Gasteiger partial charge on any atom is -0.349 e. The highest BCUT2D eigenvalue weighted by atomic mass is 35.5. The second-order valence-electron chi connectivity index (χ2n) is 6.65. The number of hydrogen-bond donors (Lipinski definition) is 2. The fraction of sp³-hybridized carbons (Fsp3) is 0.588. The molecule has 24 heavy (non-hydrogen) atoms. The van der Waals surface area contributed by atoms with E-state index in [1.54, 1.807) is 6.92 Å². The molecule has 3 N–H and O–H groups in total. The molecule has 2 rings (SSSR count). The predicted molar refractivity (Wildman–Crippen MR) is 89.8 cm³/mol. The fourth-order valence-electron chi connectivity index (χ4n) is 3.15. The molecule has 0 aromatic heterocycles. The molecule has 1 aromatic rings. The van der Waals surface area contributed by atoms with Crippen molar-refractivity contribution in [3.63, 3.8) is 0 Å². The van der Waals surface area contributed by atoms with Crippen LogP contribution in [0.3, 0.4) is 0 Å². The highest BCUT2D eigenvalue weighted by molar-refractivity contribution is 5.85. The Bertz CT molecular complexity index is 558. The first kappa shape index (κ1) is 20.8. The molecule has 3 unspecified atom stereocenters. The molecule has 136 valence electrons. The molecule has 3 nitrogen and oxygen atoms in total. The molecule has 1 amide bonds. The van der Waals surface area contributed by atoms with Crippen molar-refractivity contribution in [1.29, 1.82) is 0 Å². The number of nitrogens with two attached hydrogens (primary N) is 1. The van der Waals surface area contributed by atoms with Crippen molar-refractivity contribution in [2.45, 2.75) is 57.3 Å². The van der Waals surface area contributed by atoms with Gasteiger partial charge in [0, 0.05) is 5.54 Å². The van der Waals surface area contributed by atoms with E-state index in [9.17, 15) is 18.0 Å². The maximum Gasteiger partial charge on any atom is 0.416 e. The molecule has 0 spiro atoms. The molecule has 0 saturated heterocycles. The van der Waals surface area contributed by atoms with Crippen LogP contribution in [0.4, 0.5) is 13.2 Å². The monoisotopic (exact) mass is 364 g/mol. The van der Waals surface area contributed by atoms with Gasteiger partial charge in [-0.25, -0.2) is 0 Å². The topological polar surface area (TPSA) is 55.1 Å². The molecule has 1 fully saturated rings. The Balaban J connectivity index is 0.00000288. The fourth-order valence-corrected chi connectivity index (χ4v) is 3.15. The van der Waals surface area contributed by atoms with Gasteiger partial charge in [-0.2, -0.15) is 13.2 Å². The third kappa shape index (κ3) is 4.86. The van der Waals surface area contributed by atoms with Gasteiger partial charge in [0.05, 0.1) is 17.5 Å². The molecular weight excluding hydrogens is 341 g/mol. The highest BCUT2D eigenvalue weighted by Gasteiger charge is 2.38. The van der Waals surface area contributed by atoms with Crippen LogP contribution in [0, 0.1) is 5.92 Å². The average Bonchev–Trinajstić information content (AvgIpc) is 2.45. The van der Waals surface area contributed by atoms with Crippen molar-refractivity contribution in [2.75, 3.05) is 0 Å². The Morgan fingerprint density at radius 2 is 1.88 bits per heavy atom. The lowest BCUT2D eigenvalue weighted by Crippen LogP contribution is -2.53. The number of rotatable bonds is 3. The van der Waals surface area contributed by atoms with Crippen LogP contribution in [0.1, 0.15) is 56.7 Å². The summed E-state index contributed by atoms with van der Waals surface area (Å²) in [6, 6.07) is 4.51. The Hall–Kier alpha value is -1.27. The Morgan fingerprint density at radius 3 is 2.38 bits per heavy atom. The molecule has 1 saturated carbocycles. The van der Waals surface area contributed by atoms with Crippen LogP contribution >= 0.6 is 12.4 Å². The minimum atomic E-state index is -4.35. The number of carbonyl (C=O) groups is 1. The van der Waals surface area contributed by atoms with Crippen molar-refractivity contribution in [1.82, 2.24) is 5.32 Å². The first-order chi connectivity index (χ1) is 10.6. The molecule has 0 radical (unpaired) electrons. The van der Waals surface area contributed by atoms with Crippen molar-refractivity contribution in [3.05, 3.63) is 35.4 Å². The van der Waals surface area contributed by atoms with Gasteiger partial charge in [-0.15, -0.1) is 12.4 Å². The first-order valence-corrected chi connectivity index (χ1v) is 7.87. The predicted octanol–water partition coefficient (Wildman–Crippen LogP) is 4.21. The van der Waals surface area contributed by atoms with Crippen molar-refractivity contribution in [2.24, 2.45) is 11.7 Å². The molecule has 0 aliphatic heterocycles. The maximum absolute atomic E-state index is 12.6. The van der Waals surface area contributed by atoms with Gasteiger partial charge in [0.1, 0.15) is 0 Å². The zero-order valence-corrected chi connectivity index (χ0v) is 14.6.